The van der Waals surface area contributed by atoms with Crippen molar-refractivity contribution in [2.45, 2.75) is 13.0 Å². The van der Waals surface area contributed by atoms with Crippen molar-refractivity contribution in [1.29, 1.82) is 0 Å². The molecule has 2 aromatic carbocycles. The van der Waals surface area contributed by atoms with E-state index in [1.54, 1.807) is 43.2 Å². The normalized spacial score (nSPS) is 10.9. The predicted octanol–water partition coefficient (Wildman–Crippen LogP) is 4.41. The Hall–Kier alpha value is -3.74. The molecular weight excluding hydrogens is 399 g/mol. The van der Waals surface area contributed by atoms with E-state index in [2.05, 4.69) is 5.32 Å². The van der Waals surface area contributed by atoms with E-state index in [1.807, 2.05) is 24.3 Å². The molecule has 0 saturated heterocycles. The third-order valence-corrected chi connectivity index (χ3v) is 5.11. The number of nitrogens with one attached hydrogen (secondary N) is 1. The van der Waals surface area contributed by atoms with Crippen LogP contribution in [0.3, 0.4) is 0 Å². The number of amides is 1. The number of benzene rings is 2. The minimum Gasteiger partial charge on any atom is -0.493 e. The molecule has 2 aromatic heterocycles. The fraction of sp³-hybridized carbons (Fsp3) is 0.208. The Labute approximate surface area is 179 Å². The van der Waals surface area contributed by atoms with Crippen LogP contribution in [-0.2, 0) is 13.0 Å². The Morgan fingerprint density at radius 3 is 2.65 bits per heavy atom. The van der Waals surface area contributed by atoms with Gasteiger partial charge in [-0.05, 0) is 53.9 Å². The van der Waals surface area contributed by atoms with Crippen LogP contribution in [0.15, 0.2) is 65.3 Å². The van der Waals surface area contributed by atoms with Gasteiger partial charge in [-0.3, -0.25) is 4.79 Å². The molecule has 1 N–H and O–H groups in total. The highest BCUT2D eigenvalue weighted by Gasteiger charge is 2.18. The summed E-state index contributed by atoms with van der Waals surface area (Å²) in [5, 5.41) is 3.78. The van der Waals surface area contributed by atoms with Crippen LogP contribution in [0, 0.1) is 5.82 Å². The largest absolute Gasteiger partial charge is 0.493 e. The number of rotatable bonds is 8. The number of methoxy groups -OCH3 is 2. The minimum atomic E-state index is -0.318. The fourth-order valence-corrected chi connectivity index (χ4v) is 3.59. The SMILES string of the molecule is COc1ccc(CCNC(=O)c2cc3ccoc3n2Cc2cccc(F)c2)cc1OC. The standard InChI is InChI=1S/C24H23FN2O4/c1-29-21-7-6-16(13-22(21)30-2)8-10-26-23(28)20-14-18-9-11-31-24(18)27(20)15-17-4-3-5-19(25)12-17/h3-7,9,11-14H,8,10,15H2,1-2H3,(H,26,28). The third kappa shape index (κ3) is 4.40. The van der Waals surface area contributed by atoms with Crippen molar-refractivity contribution in [2.75, 3.05) is 20.8 Å². The number of aromatic nitrogens is 1. The van der Waals surface area contributed by atoms with Gasteiger partial charge < -0.3 is 23.8 Å². The summed E-state index contributed by atoms with van der Waals surface area (Å²) >= 11 is 0. The van der Waals surface area contributed by atoms with E-state index in [0.717, 1.165) is 16.5 Å². The van der Waals surface area contributed by atoms with Crippen LogP contribution in [0.1, 0.15) is 21.6 Å². The van der Waals surface area contributed by atoms with Crippen LogP contribution in [0.25, 0.3) is 11.1 Å². The highest BCUT2D eigenvalue weighted by Crippen LogP contribution is 2.27. The first-order chi connectivity index (χ1) is 15.1. The quantitative estimate of drug-likeness (QED) is 0.457. The Balaban J connectivity index is 1.48. The molecule has 4 rings (SSSR count). The summed E-state index contributed by atoms with van der Waals surface area (Å²) in [6.45, 7) is 0.772. The first-order valence-corrected chi connectivity index (χ1v) is 9.89. The molecule has 0 unspecified atom stereocenters. The van der Waals surface area contributed by atoms with Gasteiger partial charge in [0, 0.05) is 11.9 Å². The highest BCUT2D eigenvalue weighted by molar-refractivity contribution is 5.97. The van der Waals surface area contributed by atoms with Gasteiger partial charge in [0.1, 0.15) is 11.5 Å². The molecule has 4 aromatic rings. The Kier molecular flexibility index (Phi) is 5.93. The lowest BCUT2D eigenvalue weighted by Crippen LogP contribution is -2.28. The number of ether oxygens (including phenoxy) is 2. The molecule has 0 aliphatic heterocycles. The van der Waals surface area contributed by atoms with E-state index in [0.29, 0.717) is 42.4 Å². The number of fused-ring (bicyclic) bond motifs is 1. The van der Waals surface area contributed by atoms with E-state index in [1.165, 1.54) is 12.1 Å². The maximum atomic E-state index is 13.6. The average molecular weight is 422 g/mol. The van der Waals surface area contributed by atoms with Crippen molar-refractivity contribution in [1.82, 2.24) is 9.88 Å². The number of carbonyl (C=O) groups is 1. The summed E-state index contributed by atoms with van der Waals surface area (Å²) in [6, 6.07) is 15.6. The second kappa shape index (κ2) is 8.95. The molecule has 0 radical (unpaired) electrons. The predicted molar refractivity (Wildman–Crippen MR) is 115 cm³/mol. The second-order valence-electron chi connectivity index (χ2n) is 7.12. The summed E-state index contributed by atoms with van der Waals surface area (Å²) in [6.07, 6.45) is 2.21. The van der Waals surface area contributed by atoms with Crippen LogP contribution in [-0.4, -0.2) is 31.2 Å². The molecule has 160 valence electrons. The number of hydrogen-bond donors (Lipinski definition) is 1. The second-order valence-corrected chi connectivity index (χ2v) is 7.12. The zero-order chi connectivity index (χ0) is 21.8. The van der Waals surface area contributed by atoms with Gasteiger partial charge in [-0.15, -0.1) is 0 Å². The third-order valence-electron chi connectivity index (χ3n) is 5.11. The smallest absolute Gasteiger partial charge is 0.268 e. The van der Waals surface area contributed by atoms with Crippen molar-refractivity contribution < 1.29 is 23.1 Å². The van der Waals surface area contributed by atoms with E-state index >= 15 is 0 Å². The molecule has 1 amide bonds. The number of hydrogen-bond acceptors (Lipinski definition) is 4. The van der Waals surface area contributed by atoms with Gasteiger partial charge in [0.15, 0.2) is 11.5 Å². The summed E-state index contributed by atoms with van der Waals surface area (Å²) in [5.74, 6) is 0.772. The average Bonchev–Trinajstić information content (AvgIpc) is 3.36. The molecule has 0 spiro atoms. The lowest BCUT2D eigenvalue weighted by Gasteiger charge is -2.12. The molecule has 0 atom stereocenters. The van der Waals surface area contributed by atoms with Crippen molar-refractivity contribution in [3.8, 4) is 11.5 Å². The van der Waals surface area contributed by atoms with Gasteiger partial charge in [0.2, 0.25) is 5.71 Å². The van der Waals surface area contributed by atoms with Gasteiger partial charge >= 0.3 is 0 Å². The van der Waals surface area contributed by atoms with Crippen molar-refractivity contribution in [2.24, 2.45) is 0 Å². The summed E-state index contributed by atoms with van der Waals surface area (Å²) < 4.78 is 31.5. The highest BCUT2D eigenvalue weighted by atomic mass is 19.1. The van der Waals surface area contributed by atoms with Gasteiger partial charge in [0.05, 0.1) is 27.0 Å². The van der Waals surface area contributed by atoms with Crippen molar-refractivity contribution in [3.63, 3.8) is 0 Å². The van der Waals surface area contributed by atoms with E-state index in [9.17, 15) is 9.18 Å². The van der Waals surface area contributed by atoms with Crippen LogP contribution >= 0.6 is 0 Å². The minimum absolute atomic E-state index is 0.219. The molecule has 2 heterocycles. The Morgan fingerprint density at radius 2 is 1.87 bits per heavy atom. The van der Waals surface area contributed by atoms with E-state index < -0.39 is 0 Å². The van der Waals surface area contributed by atoms with Crippen molar-refractivity contribution in [3.05, 3.63) is 83.5 Å². The van der Waals surface area contributed by atoms with Gasteiger partial charge in [-0.2, -0.15) is 0 Å². The Bertz CT molecular complexity index is 1210. The van der Waals surface area contributed by atoms with Crippen LogP contribution in [0.4, 0.5) is 4.39 Å². The van der Waals surface area contributed by atoms with Gasteiger partial charge in [-0.1, -0.05) is 18.2 Å². The monoisotopic (exact) mass is 422 g/mol. The Morgan fingerprint density at radius 1 is 1.03 bits per heavy atom. The van der Waals surface area contributed by atoms with E-state index in [4.69, 9.17) is 13.9 Å². The van der Waals surface area contributed by atoms with Crippen LogP contribution in [0.5, 0.6) is 11.5 Å². The first-order valence-electron chi connectivity index (χ1n) is 9.89. The molecule has 0 fully saturated rings. The zero-order valence-electron chi connectivity index (χ0n) is 17.4. The first kappa shape index (κ1) is 20.5. The van der Waals surface area contributed by atoms with Crippen molar-refractivity contribution >= 4 is 17.0 Å². The molecule has 6 nitrogen and oxygen atoms in total. The number of carbonyl (C=O) groups excluding carboxylic acids is 1. The molecular formula is C24H23FN2O4. The zero-order valence-corrected chi connectivity index (χ0v) is 17.4. The lowest BCUT2D eigenvalue weighted by atomic mass is 10.1. The molecule has 0 aliphatic carbocycles. The van der Waals surface area contributed by atoms with Gasteiger partial charge in [0.25, 0.3) is 5.91 Å². The molecule has 0 saturated carbocycles. The number of nitrogens with zero attached hydrogens (tertiary/aromatic N) is 1. The molecule has 7 heteroatoms. The summed E-state index contributed by atoms with van der Waals surface area (Å²) in [4.78, 5) is 12.9. The molecule has 31 heavy (non-hydrogen) atoms. The summed E-state index contributed by atoms with van der Waals surface area (Å²) in [5.41, 5.74) is 2.80. The van der Waals surface area contributed by atoms with Gasteiger partial charge in [-0.25, -0.2) is 4.39 Å². The number of halogens is 1. The topological polar surface area (TPSA) is 65.6 Å². The van der Waals surface area contributed by atoms with Crippen LogP contribution < -0.4 is 14.8 Å². The number of furan rings is 1. The lowest BCUT2D eigenvalue weighted by molar-refractivity contribution is 0.0945. The summed E-state index contributed by atoms with van der Waals surface area (Å²) in [7, 11) is 3.18. The molecule has 0 bridgehead atoms. The maximum Gasteiger partial charge on any atom is 0.268 e. The fourth-order valence-electron chi connectivity index (χ4n) is 3.59. The van der Waals surface area contributed by atoms with E-state index in [-0.39, 0.29) is 11.7 Å². The molecule has 0 aliphatic rings. The van der Waals surface area contributed by atoms with Crippen LogP contribution in [0.2, 0.25) is 0 Å². The maximum absolute atomic E-state index is 13.6.